The molecule has 19 heteroatoms. The van der Waals surface area contributed by atoms with Gasteiger partial charge in [-0.3, -0.25) is 9.44 Å². The van der Waals surface area contributed by atoms with Gasteiger partial charge in [0.1, 0.15) is 23.0 Å². The van der Waals surface area contributed by atoms with Crippen molar-refractivity contribution >= 4 is 98.6 Å². The van der Waals surface area contributed by atoms with E-state index in [1.165, 1.54) is 6.07 Å². The summed E-state index contributed by atoms with van der Waals surface area (Å²) in [4.78, 5) is 10.1. The molecule has 7 aromatic carbocycles. The van der Waals surface area contributed by atoms with Crippen molar-refractivity contribution in [3.05, 3.63) is 207 Å². The number of nitrogens with one attached hydrogen (secondary N) is 2. The van der Waals surface area contributed by atoms with Crippen molar-refractivity contribution in [1.82, 2.24) is 0 Å². The Hall–Kier alpha value is -7.15. The molecule has 354 valence electrons. The number of rotatable bonds is 12. The highest BCUT2D eigenvalue weighted by atomic mass is 79.9. The Morgan fingerprint density at radius 2 is 0.929 bits per heavy atom. The number of hydrogen-bond donors (Lipinski definition) is 5. The maximum atomic E-state index is 12.1. The van der Waals surface area contributed by atoms with E-state index in [4.69, 9.17) is 45.0 Å². The molecule has 2 aliphatic rings. The summed E-state index contributed by atoms with van der Waals surface area (Å²) in [7, 11) is -8.03. The maximum absolute atomic E-state index is 12.1. The van der Waals surface area contributed by atoms with E-state index in [-0.39, 0.29) is 10.5 Å². The summed E-state index contributed by atoms with van der Waals surface area (Å²) in [5, 5.41) is 17.3. The van der Waals surface area contributed by atoms with Gasteiger partial charge in [-0.2, -0.15) is 0 Å². The minimum absolute atomic E-state index is 0.257. The van der Waals surface area contributed by atoms with Gasteiger partial charge in [0.15, 0.2) is 5.69 Å². The van der Waals surface area contributed by atoms with Gasteiger partial charge in [-0.1, -0.05) is 111 Å². The summed E-state index contributed by atoms with van der Waals surface area (Å²) in [5.74, 6) is 2.87. The Morgan fingerprint density at radius 1 is 0.529 bits per heavy atom. The molecule has 0 heterocycles. The number of anilines is 3. The van der Waals surface area contributed by atoms with Gasteiger partial charge in [-0.25, -0.2) is 31.4 Å². The molecule has 0 atom stereocenters. The number of nitrogens with zero attached hydrogens (tertiary/aromatic N) is 3. The topological polar surface area (TPSA) is 190 Å². The van der Waals surface area contributed by atoms with Gasteiger partial charge in [0, 0.05) is 26.0 Å². The Balaban J connectivity index is 0.000000164. The number of sulfonamides is 2. The van der Waals surface area contributed by atoms with E-state index in [2.05, 4.69) is 55.8 Å². The van der Waals surface area contributed by atoms with E-state index in [9.17, 15) is 16.8 Å². The normalized spacial score (nSPS) is 12.5. The largest absolute Gasteiger partial charge is 0.488 e. The summed E-state index contributed by atoms with van der Waals surface area (Å²) >= 11 is 6.44. The third-order valence-corrected chi connectivity index (χ3v) is 15.1. The van der Waals surface area contributed by atoms with Crippen LogP contribution in [0.2, 0.25) is 0 Å². The van der Waals surface area contributed by atoms with E-state index in [0.717, 1.165) is 39.9 Å². The van der Waals surface area contributed by atoms with Crippen molar-refractivity contribution in [2.45, 2.75) is 36.2 Å². The van der Waals surface area contributed by atoms with Gasteiger partial charge in [0.2, 0.25) is 31.4 Å². The zero-order valence-electron chi connectivity index (χ0n) is 37.0. The van der Waals surface area contributed by atoms with Gasteiger partial charge in [0.25, 0.3) is 0 Å². The van der Waals surface area contributed by atoms with E-state index in [1.54, 1.807) is 72.8 Å². The molecule has 9 rings (SSSR count). The monoisotopic (exact) mass is 1100 g/mol. The third-order valence-electron chi connectivity index (χ3n) is 10.0. The van der Waals surface area contributed by atoms with Gasteiger partial charge in [-0.05, 0) is 127 Å². The van der Waals surface area contributed by atoms with Gasteiger partial charge in [0.05, 0.1) is 30.2 Å². The fraction of sp³-hybridized carbons (Fsp3) is 0.118. The molecular weight excluding hydrogens is 1060 g/mol. The predicted octanol–water partition coefficient (Wildman–Crippen LogP) is 12.2. The molecule has 7 aromatic rings. The molecule has 0 aromatic heterocycles. The van der Waals surface area contributed by atoms with Crippen LogP contribution in [0.25, 0.3) is 25.7 Å². The van der Waals surface area contributed by atoms with Crippen LogP contribution in [0, 0.1) is 19.7 Å². The summed E-state index contributed by atoms with van der Waals surface area (Å²) < 4.78 is 65.4. The zero-order valence-corrected chi connectivity index (χ0v) is 41.8. The molecular formula is C51H43BBr2N6O8S2. The SMILES string of the molecule is OB(O)c1ccc(Oc2ccccc2)cc1.[C-]#[N+]c1cc(N)ccc1Br.[C-]#[N+]c1cc(NS(=O)(=O)C2CC2)ccc1-c1ccc(Oc2ccccc2)cc1.[C-]#[N+]c1cc(NS(=O)(=O)C2CC2)ccc1Br. The Kier molecular flexibility index (Phi) is 18.2. The molecule has 0 saturated heterocycles. The molecule has 2 saturated carbocycles. The third kappa shape index (κ3) is 15.7. The lowest BCUT2D eigenvalue weighted by molar-refractivity contribution is 0.425. The quantitative estimate of drug-likeness (QED) is 0.0450. The number of hydrogen-bond acceptors (Lipinski definition) is 9. The average molecular weight is 1100 g/mol. The van der Waals surface area contributed by atoms with Crippen LogP contribution < -0.4 is 30.1 Å². The summed E-state index contributed by atoms with van der Waals surface area (Å²) in [5.41, 5.74) is 10.3. The first-order chi connectivity index (χ1) is 33.6. The smallest absolute Gasteiger partial charge is 0.457 e. The molecule has 0 unspecified atom stereocenters. The molecule has 0 amide bonds. The van der Waals surface area contributed by atoms with Crippen LogP contribution in [0.15, 0.2) is 173 Å². The first-order valence-electron chi connectivity index (χ1n) is 21.2. The predicted molar refractivity (Wildman–Crippen MR) is 284 cm³/mol. The maximum Gasteiger partial charge on any atom is 0.488 e. The van der Waals surface area contributed by atoms with Crippen LogP contribution in [0.1, 0.15) is 25.7 Å². The van der Waals surface area contributed by atoms with Crippen molar-refractivity contribution in [2.24, 2.45) is 0 Å². The van der Waals surface area contributed by atoms with E-state index in [1.807, 2.05) is 84.9 Å². The fourth-order valence-electron chi connectivity index (χ4n) is 6.12. The Labute approximate surface area is 424 Å². The number of nitrogen functional groups attached to an aromatic ring is 1. The van der Waals surface area contributed by atoms with E-state index < -0.39 is 27.2 Å². The van der Waals surface area contributed by atoms with Crippen LogP contribution in [0.4, 0.5) is 34.1 Å². The lowest BCUT2D eigenvalue weighted by Gasteiger charge is -2.11. The second-order valence-corrected chi connectivity index (χ2v) is 21.1. The number of para-hydroxylation sites is 2. The van der Waals surface area contributed by atoms with Crippen LogP contribution in [0.3, 0.4) is 0 Å². The average Bonchev–Trinajstić information content (AvgIpc) is 4.29. The van der Waals surface area contributed by atoms with Crippen molar-refractivity contribution in [2.75, 3.05) is 15.2 Å². The lowest BCUT2D eigenvalue weighted by Crippen LogP contribution is -2.29. The van der Waals surface area contributed by atoms with Crippen molar-refractivity contribution < 1.29 is 36.4 Å². The first kappa shape index (κ1) is 52.2. The number of ether oxygens (including phenoxy) is 2. The molecule has 0 aliphatic heterocycles. The molecule has 0 bridgehead atoms. The second kappa shape index (κ2) is 24.4. The van der Waals surface area contributed by atoms with Gasteiger partial charge >= 0.3 is 7.12 Å². The van der Waals surface area contributed by atoms with Crippen LogP contribution in [0.5, 0.6) is 23.0 Å². The van der Waals surface area contributed by atoms with Crippen molar-refractivity contribution in [1.29, 1.82) is 0 Å². The number of benzene rings is 7. The van der Waals surface area contributed by atoms with E-state index >= 15 is 0 Å². The van der Waals surface area contributed by atoms with Crippen LogP contribution in [-0.2, 0) is 20.0 Å². The minimum atomic E-state index is -3.35. The highest BCUT2D eigenvalue weighted by Crippen LogP contribution is 2.37. The standard InChI is InChI=1S/C22H18N2O3S.C12H11BO3.C10H9BrN2O2S.C7H5BrN2/c1-23-22-15-17(24-28(25,26)20-12-13-20)9-14-21(22)16-7-10-19(11-8-16)27-18-5-3-2-4-6-18;14-13(15)10-6-8-12(9-7-10)16-11-4-2-1-3-5-11;1-12-10-6-7(2-5-9(10)11)13-16(14,15)8-3-4-8;1-10-7-4-5(9)2-3-6(7)8/h2-11,14-15,20,24H,12-13H2;1-9,14-15H;2,5-6,8,13H,3-4H2;2-4H,9H2. The molecule has 0 radical (unpaired) electrons. The number of halogens is 2. The molecule has 2 fully saturated rings. The van der Waals surface area contributed by atoms with Crippen LogP contribution in [-0.4, -0.2) is 44.5 Å². The summed E-state index contributed by atoms with van der Waals surface area (Å²) in [6.07, 6.45) is 2.84. The van der Waals surface area contributed by atoms with Gasteiger partial charge < -0.3 is 25.3 Å². The van der Waals surface area contributed by atoms with Crippen LogP contribution >= 0.6 is 31.9 Å². The molecule has 14 nitrogen and oxygen atoms in total. The Bertz CT molecular complexity index is 3260. The fourth-order valence-corrected chi connectivity index (χ4v) is 9.55. The lowest BCUT2D eigenvalue weighted by atomic mass is 9.80. The minimum Gasteiger partial charge on any atom is -0.457 e. The highest BCUT2D eigenvalue weighted by Gasteiger charge is 2.36. The van der Waals surface area contributed by atoms with E-state index in [0.29, 0.717) is 68.4 Å². The molecule has 2 aliphatic carbocycles. The Morgan fingerprint density at radius 3 is 1.36 bits per heavy atom. The first-order valence-corrected chi connectivity index (χ1v) is 25.9. The summed E-state index contributed by atoms with van der Waals surface area (Å²) in [6, 6.07) is 48.0. The number of nitrogens with two attached hydrogens (primary N) is 1. The second-order valence-electron chi connectivity index (χ2n) is 15.4. The van der Waals surface area contributed by atoms with Crippen molar-refractivity contribution in [3.8, 4) is 34.1 Å². The molecule has 70 heavy (non-hydrogen) atoms. The highest BCUT2D eigenvalue weighted by molar-refractivity contribution is 9.11. The zero-order chi connectivity index (χ0) is 50.3. The van der Waals surface area contributed by atoms with Gasteiger partial charge in [-0.15, -0.1) is 0 Å². The molecule has 0 spiro atoms. The van der Waals surface area contributed by atoms with Crippen molar-refractivity contribution in [3.63, 3.8) is 0 Å². The molecule has 6 N–H and O–H groups in total. The summed E-state index contributed by atoms with van der Waals surface area (Å²) in [6.45, 7) is 21.1.